The Balaban J connectivity index is 2.38. The van der Waals surface area contributed by atoms with Gasteiger partial charge in [-0.1, -0.05) is 12.1 Å². The first-order chi connectivity index (χ1) is 9.13. The molecule has 0 spiro atoms. The molecule has 100 valence electrons. The average molecular weight is 258 g/mol. The second-order valence-electron chi connectivity index (χ2n) is 4.48. The fraction of sp³-hybridized carbons (Fsp3) is 0.267. The van der Waals surface area contributed by atoms with Crippen molar-refractivity contribution in [2.75, 3.05) is 26.1 Å². The molecule has 1 aromatic carbocycles. The van der Waals surface area contributed by atoms with Gasteiger partial charge in [0.25, 0.3) is 0 Å². The highest BCUT2D eigenvalue weighted by Crippen LogP contribution is 2.29. The molecule has 0 saturated carbocycles. The number of aliphatic hydroxyl groups is 1. The minimum absolute atomic E-state index is 0.529. The van der Waals surface area contributed by atoms with E-state index in [9.17, 15) is 5.11 Å². The Morgan fingerprint density at radius 2 is 2.00 bits per heavy atom. The number of benzene rings is 1. The Hall–Kier alpha value is -2.07. The number of methoxy groups -OCH3 is 1. The maximum atomic E-state index is 10.4. The molecule has 0 aliphatic rings. The van der Waals surface area contributed by atoms with Crippen LogP contribution in [0.2, 0.25) is 0 Å². The number of ether oxygens (including phenoxy) is 1. The summed E-state index contributed by atoms with van der Waals surface area (Å²) >= 11 is 0. The minimum atomic E-state index is -0.795. The van der Waals surface area contributed by atoms with E-state index in [0.717, 1.165) is 11.3 Å². The van der Waals surface area contributed by atoms with E-state index in [1.54, 1.807) is 25.4 Å². The lowest BCUT2D eigenvalue weighted by atomic mass is 10.0. The first-order valence-electron chi connectivity index (χ1n) is 6.07. The maximum Gasteiger partial charge on any atom is 0.143 e. The van der Waals surface area contributed by atoms with Gasteiger partial charge in [0, 0.05) is 26.0 Å². The second-order valence-corrected chi connectivity index (χ2v) is 4.48. The minimum Gasteiger partial charge on any atom is -0.495 e. The van der Waals surface area contributed by atoms with Crippen molar-refractivity contribution in [2.45, 2.75) is 6.10 Å². The number of hydrogen-bond acceptors (Lipinski definition) is 4. The third-order valence-electron chi connectivity index (χ3n) is 2.98. The normalized spacial score (nSPS) is 12.0. The molecule has 1 N–H and O–H groups in total. The smallest absolute Gasteiger partial charge is 0.143 e. The summed E-state index contributed by atoms with van der Waals surface area (Å²) in [5.41, 5.74) is 2.36. The van der Waals surface area contributed by atoms with Crippen LogP contribution in [0, 0.1) is 0 Å². The van der Waals surface area contributed by atoms with Crippen LogP contribution < -0.4 is 9.64 Å². The third-order valence-corrected chi connectivity index (χ3v) is 2.98. The van der Waals surface area contributed by atoms with Crippen molar-refractivity contribution >= 4 is 5.69 Å². The monoisotopic (exact) mass is 258 g/mol. The van der Waals surface area contributed by atoms with Crippen LogP contribution in [0.15, 0.2) is 42.6 Å². The molecule has 1 aromatic heterocycles. The summed E-state index contributed by atoms with van der Waals surface area (Å²) in [6.07, 6.45) is 0.854. The van der Waals surface area contributed by atoms with Gasteiger partial charge in [0.2, 0.25) is 0 Å². The fourth-order valence-corrected chi connectivity index (χ4v) is 1.91. The quantitative estimate of drug-likeness (QED) is 0.913. The molecule has 19 heavy (non-hydrogen) atoms. The van der Waals surface area contributed by atoms with Crippen molar-refractivity contribution < 1.29 is 9.84 Å². The van der Waals surface area contributed by atoms with Crippen LogP contribution in [-0.4, -0.2) is 31.3 Å². The molecule has 0 saturated heterocycles. The van der Waals surface area contributed by atoms with E-state index in [1.165, 1.54) is 0 Å². The summed E-state index contributed by atoms with van der Waals surface area (Å²) in [6, 6.07) is 11.3. The Labute approximate surface area is 113 Å². The van der Waals surface area contributed by atoms with Crippen LogP contribution in [0.3, 0.4) is 0 Å². The number of aromatic nitrogens is 1. The molecular weight excluding hydrogens is 240 g/mol. The van der Waals surface area contributed by atoms with E-state index in [4.69, 9.17) is 4.74 Å². The standard InChI is InChI=1S/C15H18N2O2/c1-17(2)12-7-4-6-11(10-12)15(18)14-13(19-3)8-5-9-16-14/h4-10,15,18H,1-3H3. The molecule has 2 aromatic rings. The zero-order valence-electron chi connectivity index (χ0n) is 11.4. The van der Waals surface area contributed by atoms with E-state index < -0.39 is 6.10 Å². The van der Waals surface area contributed by atoms with Crippen molar-refractivity contribution in [3.8, 4) is 5.75 Å². The van der Waals surface area contributed by atoms with Crippen LogP contribution in [0.4, 0.5) is 5.69 Å². The number of anilines is 1. The Bertz CT molecular complexity index is 555. The van der Waals surface area contributed by atoms with Gasteiger partial charge < -0.3 is 14.7 Å². The zero-order chi connectivity index (χ0) is 13.8. The highest BCUT2D eigenvalue weighted by molar-refractivity contribution is 5.49. The predicted molar refractivity (Wildman–Crippen MR) is 75.6 cm³/mol. The number of rotatable bonds is 4. The van der Waals surface area contributed by atoms with Crippen LogP contribution in [0.25, 0.3) is 0 Å². The van der Waals surface area contributed by atoms with Gasteiger partial charge in [0.1, 0.15) is 17.5 Å². The van der Waals surface area contributed by atoms with Gasteiger partial charge in [-0.2, -0.15) is 0 Å². The largest absolute Gasteiger partial charge is 0.495 e. The van der Waals surface area contributed by atoms with E-state index in [-0.39, 0.29) is 0 Å². The Morgan fingerprint density at radius 1 is 1.21 bits per heavy atom. The number of aliphatic hydroxyl groups excluding tert-OH is 1. The van der Waals surface area contributed by atoms with Gasteiger partial charge >= 0.3 is 0 Å². The number of nitrogens with zero attached hydrogens (tertiary/aromatic N) is 2. The molecule has 1 heterocycles. The molecular formula is C15H18N2O2. The van der Waals surface area contributed by atoms with Gasteiger partial charge in [0.05, 0.1) is 7.11 Å². The summed E-state index contributed by atoms with van der Waals surface area (Å²) in [4.78, 5) is 6.20. The van der Waals surface area contributed by atoms with Crippen molar-refractivity contribution in [1.29, 1.82) is 0 Å². The van der Waals surface area contributed by atoms with Gasteiger partial charge in [-0.15, -0.1) is 0 Å². The molecule has 0 radical (unpaired) electrons. The molecule has 2 rings (SSSR count). The van der Waals surface area contributed by atoms with Gasteiger partial charge in [-0.3, -0.25) is 4.98 Å². The van der Waals surface area contributed by atoms with Gasteiger partial charge in [0.15, 0.2) is 0 Å². The van der Waals surface area contributed by atoms with E-state index in [1.807, 2.05) is 43.3 Å². The summed E-state index contributed by atoms with van der Waals surface area (Å²) in [7, 11) is 5.50. The maximum absolute atomic E-state index is 10.4. The van der Waals surface area contributed by atoms with Gasteiger partial charge in [-0.25, -0.2) is 0 Å². The van der Waals surface area contributed by atoms with E-state index in [0.29, 0.717) is 11.4 Å². The second kappa shape index (κ2) is 5.71. The third kappa shape index (κ3) is 2.85. The molecule has 0 aliphatic heterocycles. The highest BCUT2D eigenvalue weighted by Gasteiger charge is 2.17. The molecule has 4 heteroatoms. The van der Waals surface area contributed by atoms with Crippen LogP contribution >= 0.6 is 0 Å². The molecule has 0 aliphatic carbocycles. The van der Waals surface area contributed by atoms with E-state index >= 15 is 0 Å². The lowest BCUT2D eigenvalue weighted by molar-refractivity contribution is 0.209. The van der Waals surface area contributed by atoms with Crippen molar-refractivity contribution in [1.82, 2.24) is 4.98 Å². The van der Waals surface area contributed by atoms with Crippen molar-refractivity contribution in [3.63, 3.8) is 0 Å². The first-order valence-corrected chi connectivity index (χ1v) is 6.07. The summed E-state index contributed by atoms with van der Waals surface area (Å²) < 4.78 is 5.23. The van der Waals surface area contributed by atoms with Crippen molar-refractivity contribution in [3.05, 3.63) is 53.9 Å². The zero-order valence-corrected chi connectivity index (χ0v) is 11.4. The first kappa shape index (κ1) is 13.4. The predicted octanol–water partition coefficient (Wildman–Crippen LogP) is 2.24. The van der Waals surface area contributed by atoms with Crippen LogP contribution in [0.5, 0.6) is 5.75 Å². The highest BCUT2D eigenvalue weighted by atomic mass is 16.5. The van der Waals surface area contributed by atoms with Gasteiger partial charge in [-0.05, 0) is 29.8 Å². The lowest BCUT2D eigenvalue weighted by Crippen LogP contribution is -2.10. The van der Waals surface area contributed by atoms with Crippen LogP contribution in [-0.2, 0) is 0 Å². The fourth-order valence-electron chi connectivity index (χ4n) is 1.91. The molecule has 1 unspecified atom stereocenters. The Kier molecular flexibility index (Phi) is 4.02. The molecule has 4 nitrogen and oxygen atoms in total. The van der Waals surface area contributed by atoms with Crippen molar-refractivity contribution in [2.24, 2.45) is 0 Å². The molecule has 0 bridgehead atoms. The Morgan fingerprint density at radius 3 is 2.68 bits per heavy atom. The summed E-state index contributed by atoms with van der Waals surface area (Å²) in [6.45, 7) is 0. The topological polar surface area (TPSA) is 45.6 Å². The SMILES string of the molecule is COc1cccnc1C(O)c1cccc(N(C)C)c1. The van der Waals surface area contributed by atoms with Crippen LogP contribution in [0.1, 0.15) is 17.4 Å². The molecule has 1 atom stereocenters. The average Bonchev–Trinajstić information content (AvgIpc) is 2.46. The lowest BCUT2D eigenvalue weighted by Gasteiger charge is -2.17. The van der Waals surface area contributed by atoms with E-state index in [2.05, 4.69) is 4.98 Å². The summed E-state index contributed by atoms with van der Waals surface area (Å²) in [5.74, 6) is 0.588. The number of hydrogen-bond donors (Lipinski definition) is 1. The number of pyridine rings is 1. The molecule has 0 amide bonds. The summed E-state index contributed by atoms with van der Waals surface area (Å²) in [5, 5.41) is 10.4. The molecule has 0 fully saturated rings.